The largest absolute Gasteiger partial charge is 0.462 e. The lowest BCUT2D eigenvalue weighted by Crippen LogP contribution is -2.10. The van der Waals surface area contributed by atoms with Gasteiger partial charge in [-0.25, -0.2) is 9.68 Å². The van der Waals surface area contributed by atoms with Gasteiger partial charge in [0, 0.05) is 18.0 Å². The molecule has 0 aliphatic heterocycles. The second kappa shape index (κ2) is 6.19. The van der Waals surface area contributed by atoms with Crippen molar-refractivity contribution in [1.29, 1.82) is 0 Å². The molecule has 0 fully saturated rings. The number of esters is 1. The van der Waals surface area contributed by atoms with Crippen molar-refractivity contribution in [2.45, 2.75) is 20.5 Å². The van der Waals surface area contributed by atoms with E-state index in [2.05, 4.69) is 9.87 Å². The summed E-state index contributed by atoms with van der Waals surface area (Å²) in [7, 11) is 0. The highest BCUT2D eigenvalue weighted by molar-refractivity contribution is 5.89. The van der Waals surface area contributed by atoms with Gasteiger partial charge in [-0.1, -0.05) is 13.8 Å². The molecule has 1 heterocycles. The molecule has 1 aromatic rings. The zero-order valence-electron chi connectivity index (χ0n) is 9.34. The molecule has 88 valence electrons. The van der Waals surface area contributed by atoms with Crippen LogP contribution in [0, 0.1) is 5.92 Å². The monoisotopic (exact) mass is 225 g/mol. The molecule has 5 heteroatoms. The van der Waals surface area contributed by atoms with Crippen LogP contribution in [0.5, 0.6) is 0 Å². The van der Waals surface area contributed by atoms with Crippen LogP contribution in [0.1, 0.15) is 29.8 Å². The number of aromatic nitrogens is 1. The van der Waals surface area contributed by atoms with Crippen LogP contribution in [0.2, 0.25) is 0 Å². The summed E-state index contributed by atoms with van der Waals surface area (Å²) in [5.74, 6) is -0.123. The molecule has 0 atom stereocenters. The number of nitrogens with zero attached hydrogens (tertiary/aromatic N) is 1. The Labute approximate surface area is 94.0 Å². The van der Waals surface area contributed by atoms with Gasteiger partial charge in [0.05, 0.1) is 12.2 Å². The summed E-state index contributed by atoms with van der Waals surface area (Å²) in [4.78, 5) is 19.4. The van der Waals surface area contributed by atoms with E-state index in [1.54, 1.807) is 6.07 Å². The van der Waals surface area contributed by atoms with Gasteiger partial charge in [-0.05, 0) is 12.0 Å². The first-order chi connectivity index (χ1) is 7.63. The van der Waals surface area contributed by atoms with Crippen LogP contribution in [-0.2, 0) is 16.2 Å². The number of ether oxygens (including phenoxy) is 1. The molecule has 1 rings (SSSR count). The van der Waals surface area contributed by atoms with Gasteiger partial charge in [0.25, 0.3) is 0 Å². The first-order valence-corrected chi connectivity index (χ1v) is 5.01. The van der Waals surface area contributed by atoms with Crippen molar-refractivity contribution in [2.75, 3.05) is 6.61 Å². The van der Waals surface area contributed by atoms with Gasteiger partial charge in [0.1, 0.15) is 6.61 Å². The van der Waals surface area contributed by atoms with Gasteiger partial charge in [-0.15, -0.1) is 0 Å². The van der Waals surface area contributed by atoms with E-state index in [0.717, 1.165) is 0 Å². The summed E-state index contributed by atoms with van der Waals surface area (Å²) in [5, 5.41) is 8.28. The molecule has 0 aliphatic rings. The summed E-state index contributed by atoms with van der Waals surface area (Å²) in [6.07, 6.45) is 2.93. The van der Waals surface area contributed by atoms with Crippen LogP contribution < -0.4 is 0 Å². The number of carbonyl (C=O) groups is 1. The molecule has 0 amide bonds. The van der Waals surface area contributed by atoms with E-state index in [4.69, 9.17) is 9.99 Å². The minimum Gasteiger partial charge on any atom is -0.462 e. The molecule has 5 nitrogen and oxygen atoms in total. The Morgan fingerprint density at radius 2 is 2.25 bits per heavy atom. The molecule has 1 N–H and O–H groups in total. The number of hydrogen-bond donors (Lipinski definition) is 1. The van der Waals surface area contributed by atoms with Crippen LogP contribution in [0.25, 0.3) is 0 Å². The third-order valence-corrected chi connectivity index (χ3v) is 1.81. The third-order valence-electron chi connectivity index (χ3n) is 1.81. The fraction of sp³-hybridized carbons (Fsp3) is 0.455. The average molecular weight is 225 g/mol. The van der Waals surface area contributed by atoms with Crippen molar-refractivity contribution in [2.24, 2.45) is 5.92 Å². The fourth-order valence-corrected chi connectivity index (χ4v) is 1.08. The number of hydrogen-bond acceptors (Lipinski definition) is 5. The van der Waals surface area contributed by atoms with Crippen molar-refractivity contribution in [3.63, 3.8) is 0 Å². The van der Waals surface area contributed by atoms with Gasteiger partial charge in [0.2, 0.25) is 0 Å². The van der Waals surface area contributed by atoms with Gasteiger partial charge in [0.15, 0.2) is 0 Å². The van der Waals surface area contributed by atoms with Gasteiger partial charge in [-0.2, -0.15) is 0 Å². The summed E-state index contributed by atoms with van der Waals surface area (Å²) < 4.78 is 5.04. The molecule has 0 aliphatic carbocycles. The van der Waals surface area contributed by atoms with Crippen molar-refractivity contribution < 1.29 is 19.7 Å². The SMILES string of the molecule is CC(C)COC(=O)c1cncc(COO)c1. The summed E-state index contributed by atoms with van der Waals surface area (Å²) in [5.41, 5.74) is 0.969. The van der Waals surface area contributed by atoms with E-state index in [1.807, 2.05) is 13.8 Å². The van der Waals surface area contributed by atoms with E-state index in [0.29, 0.717) is 23.7 Å². The Morgan fingerprint density at radius 3 is 2.88 bits per heavy atom. The van der Waals surface area contributed by atoms with Crippen LogP contribution in [-0.4, -0.2) is 22.8 Å². The highest BCUT2D eigenvalue weighted by Crippen LogP contribution is 2.06. The summed E-state index contributed by atoms with van der Waals surface area (Å²) in [6.45, 7) is 4.29. The van der Waals surface area contributed by atoms with Crippen LogP contribution >= 0.6 is 0 Å². The molecular weight excluding hydrogens is 210 g/mol. The minimum absolute atomic E-state index is 0.00169. The number of pyridine rings is 1. The smallest absolute Gasteiger partial charge is 0.339 e. The quantitative estimate of drug-likeness (QED) is 0.470. The van der Waals surface area contributed by atoms with Crippen LogP contribution in [0.3, 0.4) is 0 Å². The number of carbonyl (C=O) groups excluding carboxylic acids is 1. The first-order valence-electron chi connectivity index (χ1n) is 5.01. The highest BCUT2D eigenvalue weighted by atomic mass is 17.1. The van der Waals surface area contributed by atoms with Gasteiger partial charge >= 0.3 is 5.97 Å². The van der Waals surface area contributed by atoms with Crippen LogP contribution in [0.4, 0.5) is 0 Å². The summed E-state index contributed by atoms with van der Waals surface area (Å²) in [6, 6.07) is 1.58. The first kappa shape index (κ1) is 12.6. The highest BCUT2D eigenvalue weighted by Gasteiger charge is 2.09. The Hall–Kier alpha value is -1.46. The topological polar surface area (TPSA) is 68.7 Å². The molecule has 16 heavy (non-hydrogen) atoms. The maximum absolute atomic E-state index is 11.5. The average Bonchev–Trinajstić information content (AvgIpc) is 2.26. The standard InChI is InChI=1S/C11H15NO4/c1-8(2)6-15-11(13)10-3-9(7-16-14)4-12-5-10/h3-5,8,14H,6-7H2,1-2H3. The molecular formula is C11H15NO4. The Morgan fingerprint density at radius 1 is 1.50 bits per heavy atom. The zero-order valence-corrected chi connectivity index (χ0v) is 9.34. The Kier molecular flexibility index (Phi) is 4.88. The van der Waals surface area contributed by atoms with Crippen molar-refractivity contribution >= 4 is 5.97 Å². The zero-order chi connectivity index (χ0) is 12.0. The predicted octanol–water partition coefficient (Wildman–Crippen LogP) is 1.88. The van der Waals surface area contributed by atoms with Gasteiger partial charge < -0.3 is 4.74 Å². The van der Waals surface area contributed by atoms with E-state index in [9.17, 15) is 4.79 Å². The van der Waals surface area contributed by atoms with Crippen molar-refractivity contribution in [1.82, 2.24) is 4.98 Å². The van der Waals surface area contributed by atoms with Crippen molar-refractivity contribution in [3.05, 3.63) is 29.6 Å². The van der Waals surface area contributed by atoms with E-state index in [-0.39, 0.29) is 6.61 Å². The second-order valence-corrected chi connectivity index (χ2v) is 3.85. The molecule has 0 aromatic carbocycles. The molecule has 0 unspecified atom stereocenters. The molecule has 0 saturated carbocycles. The third kappa shape index (κ3) is 3.96. The minimum atomic E-state index is -0.416. The second-order valence-electron chi connectivity index (χ2n) is 3.85. The number of rotatable bonds is 5. The fourth-order valence-electron chi connectivity index (χ4n) is 1.08. The Bertz CT molecular complexity index is 352. The van der Waals surface area contributed by atoms with Crippen molar-refractivity contribution in [3.8, 4) is 0 Å². The maximum Gasteiger partial charge on any atom is 0.339 e. The van der Waals surface area contributed by atoms with E-state index < -0.39 is 5.97 Å². The molecule has 1 aromatic heterocycles. The molecule has 0 radical (unpaired) electrons. The van der Waals surface area contributed by atoms with E-state index in [1.165, 1.54) is 12.4 Å². The summed E-state index contributed by atoms with van der Waals surface area (Å²) >= 11 is 0. The molecule has 0 spiro atoms. The molecule has 0 saturated heterocycles. The van der Waals surface area contributed by atoms with Crippen LogP contribution in [0.15, 0.2) is 18.5 Å². The molecule has 0 bridgehead atoms. The maximum atomic E-state index is 11.5. The van der Waals surface area contributed by atoms with E-state index >= 15 is 0 Å². The normalized spacial score (nSPS) is 10.5. The predicted molar refractivity (Wildman–Crippen MR) is 56.8 cm³/mol. The van der Waals surface area contributed by atoms with Gasteiger partial charge in [-0.3, -0.25) is 10.2 Å². The lowest BCUT2D eigenvalue weighted by Gasteiger charge is -2.07. The lowest BCUT2D eigenvalue weighted by atomic mass is 10.2. The Balaban J connectivity index is 2.64. The lowest BCUT2D eigenvalue weighted by molar-refractivity contribution is -0.253.